The second kappa shape index (κ2) is 7.53. The fraction of sp³-hybridized carbons (Fsp3) is 0.158. The highest BCUT2D eigenvalue weighted by Crippen LogP contribution is 2.30. The first-order valence-corrected chi connectivity index (χ1v) is 9.70. The van der Waals surface area contributed by atoms with Crippen LogP contribution in [0, 0.1) is 0 Å². The summed E-state index contributed by atoms with van der Waals surface area (Å²) in [5.41, 5.74) is 0.668. The van der Waals surface area contributed by atoms with Crippen LogP contribution in [0.5, 0.6) is 11.5 Å². The summed E-state index contributed by atoms with van der Waals surface area (Å²) in [6.07, 6.45) is 0. The molecule has 0 bridgehead atoms. The first kappa shape index (κ1) is 18.5. The molecule has 0 aromatic heterocycles. The van der Waals surface area contributed by atoms with Crippen molar-refractivity contribution in [1.82, 2.24) is 4.72 Å². The van der Waals surface area contributed by atoms with Crippen molar-refractivity contribution in [2.75, 3.05) is 14.2 Å². The standard InChI is InChI=1S/C19H18ClNO4S/c1-24-15-9-10-17(25-2)14(11-15)12-21-26(22,23)18-8-4-6-13-5-3-7-16(20)19(13)18/h3-11,21H,12H2,1-2H3. The van der Waals surface area contributed by atoms with E-state index < -0.39 is 10.0 Å². The molecule has 3 aromatic rings. The topological polar surface area (TPSA) is 64.6 Å². The molecule has 0 aliphatic heterocycles. The molecule has 0 unspecified atom stereocenters. The van der Waals surface area contributed by atoms with Crippen molar-refractivity contribution in [2.45, 2.75) is 11.4 Å². The minimum atomic E-state index is -3.78. The fourth-order valence-corrected chi connectivity index (χ4v) is 4.35. The van der Waals surface area contributed by atoms with E-state index in [0.29, 0.717) is 27.5 Å². The summed E-state index contributed by atoms with van der Waals surface area (Å²) in [5.74, 6) is 1.19. The van der Waals surface area contributed by atoms with Gasteiger partial charge in [-0.3, -0.25) is 0 Å². The van der Waals surface area contributed by atoms with Crippen molar-refractivity contribution in [3.05, 3.63) is 65.2 Å². The molecule has 136 valence electrons. The number of halogens is 1. The third-order valence-electron chi connectivity index (χ3n) is 4.05. The summed E-state index contributed by atoms with van der Waals surface area (Å²) in [7, 11) is -0.701. The van der Waals surface area contributed by atoms with Crippen LogP contribution in [-0.2, 0) is 16.6 Å². The average molecular weight is 392 g/mol. The molecule has 0 heterocycles. The molecule has 1 N–H and O–H groups in total. The van der Waals surface area contributed by atoms with E-state index in [0.717, 1.165) is 5.39 Å². The predicted octanol–water partition coefficient (Wildman–Crippen LogP) is 3.99. The minimum absolute atomic E-state index is 0.0591. The normalized spacial score (nSPS) is 11.5. The summed E-state index contributed by atoms with van der Waals surface area (Å²) in [5, 5.41) is 1.66. The first-order chi connectivity index (χ1) is 12.5. The number of nitrogens with one attached hydrogen (secondary N) is 1. The second-order valence-corrected chi connectivity index (χ2v) is 7.74. The molecule has 0 atom stereocenters. The predicted molar refractivity (Wildman–Crippen MR) is 103 cm³/mol. The van der Waals surface area contributed by atoms with Crippen LogP contribution in [-0.4, -0.2) is 22.6 Å². The van der Waals surface area contributed by atoms with Crippen molar-refractivity contribution >= 4 is 32.4 Å². The highest BCUT2D eigenvalue weighted by molar-refractivity contribution is 7.89. The number of benzene rings is 3. The average Bonchev–Trinajstić information content (AvgIpc) is 2.66. The summed E-state index contributed by atoms with van der Waals surface area (Å²) < 4.78 is 38.9. The van der Waals surface area contributed by atoms with E-state index >= 15 is 0 Å². The Hall–Kier alpha value is -2.28. The summed E-state index contributed by atoms with van der Waals surface area (Å²) in [6.45, 7) is 0.0591. The van der Waals surface area contributed by atoms with Gasteiger partial charge in [0, 0.05) is 22.5 Å². The monoisotopic (exact) mass is 391 g/mol. The van der Waals surface area contributed by atoms with Gasteiger partial charge in [-0.1, -0.05) is 35.9 Å². The van der Waals surface area contributed by atoms with Crippen LogP contribution in [0.1, 0.15) is 5.56 Å². The zero-order valence-electron chi connectivity index (χ0n) is 14.3. The lowest BCUT2D eigenvalue weighted by atomic mass is 10.1. The number of sulfonamides is 1. The van der Waals surface area contributed by atoms with Gasteiger partial charge in [-0.15, -0.1) is 0 Å². The number of fused-ring (bicyclic) bond motifs is 1. The van der Waals surface area contributed by atoms with E-state index in [-0.39, 0.29) is 11.4 Å². The van der Waals surface area contributed by atoms with E-state index in [2.05, 4.69) is 4.72 Å². The van der Waals surface area contributed by atoms with E-state index in [1.165, 1.54) is 7.11 Å². The maximum Gasteiger partial charge on any atom is 0.241 e. The van der Waals surface area contributed by atoms with E-state index in [1.807, 2.05) is 12.1 Å². The van der Waals surface area contributed by atoms with Gasteiger partial charge in [0.2, 0.25) is 10.0 Å². The summed E-state index contributed by atoms with van der Waals surface area (Å²) in [6, 6.07) is 15.6. The Morgan fingerprint density at radius 2 is 1.73 bits per heavy atom. The second-order valence-electron chi connectivity index (χ2n) is 5.60. The van der Waals surface area contributed by atoms with Gasteiger partial charge in [0.1, 0.15) is 11.5 Å². The zero-order chi connectivity index (χ0) is 18.7. The smallest absolute Gasteiger partial charge is 0.241 e. The molecule has 0 aliphatic rings. The molecule has 7 heteroatoms. The fourth-order valence-electron chi connectivity index (χ4n) is 2.76. The molecule has 0 aliphatic carbocycles. The van der Waals surface area contributed by atoms with Gasteiger partial charge in [-0.25, -0.2) is 13.1 Å². The summed E-state index contributed by atoms with van der Waals surface area (Å²) in [4.78, 5) is 0.141. The first-order valence-electron chi connectivity index (χ1n) is 7.84. The van der Waals surface area contributed by atoms with Gasteiger partial charge in [-0.05, 0) is 35.7 Å². The van der Waals surface area contributed by atoms with Crippen molar-refractivity contribution in [2.24, 2.45) is 0 Å². The Kier molecular flexibility index (Phi) is 5.36. The minimum Gasteiger partial charge on any atom is -0.497 e. The number of hydrogen-bond acceptors (Lipinski definition) is 4. The van der Waals surface area contributed by atoms with Crippen LogP contribution in [0.2, 0.25) is 5.02 Å². The highest BCUT2D eigenvalue weighted by atomic mass is 35.5. The maximum atomic E-state index is 12.9. The van der Waals surface area contributed by atoms with Crippen LogP contribution in [0.15, 0.2) is 59.5 Å². The molecule has 0 fully saturated rings. The van der Waals surface area contributed by atoms with Gasteiger partial charge in [0.05, 0.1) is 19.1 Å². The largest absolute Gasteiger partial charge is 0.497 e. The van der Waals surface area contributed by atoms with Crippen LogP contribution in [0.25, 0.3) is 10.8 Å². The van der Waals surface area contributed by atoms with Crippen LogP contribution in [0.4, 0.5) is 0 Å². The zero-order valence-corrected chi connectivity index (χ0v) is 15.9. The molecule has 0 amide bonds. The van der Waals surface area contributed by atoms with Gasteiger partial charge < -0.3 is 9.47 Å². The van der Waals surface area contributed by atoms with Crippen LogP contribution >= 0.6 is 11.6 Å². The lowest BCUT2D eigenvalue weighted by Crippen LogP contribution is -2.23. The third kappa shape index (κ3) is 3.62. The Labute approximate surface area is 157 Å². The van der Waals surface area contributed by atoms with E-state index in [4.69, 9.17) is 21.1 Å². The SMILES string of the molecule is COc1ccc(OC)c(CNS(=O)(=O)c2cccc3cccc(Cl)c23)c1. The molecular weight excluding hydrogens is 374 g/mol. The number of methoxy groups -OCH3 is 2. The Bertz CT molecular complexity index is 1050. The number of rotatable bonds is 6. The Morgan fingerprint density at radius 3 is 2.42 bits per heavy atom. The molecule has 0 spiro atoms. The van der Waals surface area contributed by atoms with Crippen LogP contribution in [0.3, 0.4) is 0 Å². The lowest BCUT2D eigenvalue weighted by Gasteiger charge is -2.13. The highest BCUT2D eigenvalue weighted by Gasteiger charge is 2.19. The molecule has 5 nitrogen and oxygen atoms in total. The Morgan fingerprint density at radius 1 is 1.00 bits per heavy atom. The molecule has 3 rings (SSSR count). The van der Waals surface area contributed by atoms with Crippen molar-refractivity contribution in [1.29, 1.82) is 0 Å². The quantitative estimate of drug-likeness (QED) is 0.690. The van der Waals surface area contributed by atoms with Gasteiger partial charge in [0.25, 0.3) is 0 Å². The molecule has 26 heavy (non-hydrogen) atoms. The van der Waals surface area contributed by atoms with Crippen molar-refractivity contribution in [3.8, 4) is 11.5 Å². The number of hydrogen-bond donors (Lipinski definition) is 1. The van der Waals surface area contributed by atoms with Crippen molar-refractivity contribution < 1.29 is 17.9 Å². The molecule has 0 saturated carbocycles. The summed E-state index contributed by atoms with van der Waals surface area (Å²) >= 11 is 6.24. The maximum absolute atomic E-state index is 12.9. The molecule has 0 radical (unpaired) electrons. The third-order valence-corrected chi connectivity index (χ3v) is 5.80. The van der Waals surface area contributed by atoms with Crippen LogP contribution < -0.4 is 14.2 Å². The number of ether oxygens (including phenoxy) is 2. The lowest BCUT2D eigenvalue weighted by molar-refractivity contribution is 0.398. The van der Waals surface area contributed by atoms with E-state index in [1.54, 1.807) is 49.6 Å². The van der Waals surface area contributed by atoms with Gasteiger partial charge in [-0.2, -0.15) is 0 Å². The van der Waals surface area contributed by atoms with Gasteiger partial charge >= 0.3 is 0 Å². The molecular formula is C19H18ClNO4S. The Balaban J connectivity index is 1.96. The van der Waals surface area contributed by atoms with Crippen molar-refractivity contribution in [3.63, 3.8) is 0 Å². The molecule has 3 aromatic carbocycles. The molecule has 0 saturated heterocycles. The van der Waals surface area contributed by atoms with Gasteiger partial charge in [0.15, 0.2) is 0 Å². The van der Waals surface area contributed by atoms with E-state index in [9.17, 15) is 8.42 Å².